The molecule has 76 valence electrons. The van der Waals surface area contributed by atoms with E-state index in [0.29, 0.717) is 0 Å². The van der Waals surface area contributed by atoms with Gasteiger partial charge in [0.1, 0.15) is 0 Å². The first-order valence-corrected chi connectivity index (χ1v) is 5.65. The van der Waals surface area contributed by atoms with Crippen molar-refractivity contribution < 1.29 is 9.47 Å². The van der Waals surface area contributed by atoms with E-state index in [9.17, 15) is 0 Å². The molecule has 0 fully saturated rings. The summed E-state index contributed by atoms with van der Waals surface area (Å²) in [5.41, 5.74) is 1.10. The second kappa shape index (κ2) is 5.38. The van der Waals surface area contributed by atoms with E-state index in [0.717, 1.165) is 15.0 Å². The Morgan fingerprint density at radius 2 is 1.79 bits per heavy atom. The van der Waals surface area contributed by atoms with E-state index in [1.165, 1.54) is 0 Å². The van der Waals surface area contributed by atoms with Crippen LogP contribution in [0.2, 0.25) is 0 Å². The molecule has 0 aliphatic heterocycles. The van der Waals surface area contributed by atoms with Gasteiger partial charge in [-0.3, -0.25) is 0 Å². The van der Waals surface area contributed by atoms with Crippen molar-refractivity contribution in [1.82, 2.24) is 0 Å². The van der Waals surface area contributed by atoms with E-state index in [-0.39, 0.29) is 6.10 Å². The van der Waals surface area contributed by atoms with Gasteiger partial charge in [-0.2, -0.15) is 0 Å². The van der Waals surface area contributed by atoms with Gasteiger partial charge in [-0.25, -0.2) is 0 Å². The van der Waals surface area contributed by atoms with E-state index in [2.05, 4.69) is 0 Å². The average Bonchev–Trinajstić information content (AvgIpc) is 2.17. The fourth-order valence-corrected chi connectivity index (χ4v) is 1.95. The van der Waals surface area contributed by atoms with Crippen LogP contribution in [0.1, 0.15) is 19.4 Å². The van der Waals surface area contributed by atoms with Crippen LogP contribution in [-0.4, -0.2) is 38.8 Å². The molecule has 1 rings (SSSR count). The maximum atomic E-state index is 5.59. The third-order valence-corrected chi connectivity index (χ3v) is 2.62. The van der Waals surface area contributed by atoms with Crippen LogP contribution in [0, 0.1) is 0 Å². The number of hydrogen-bond donors (Lipinski definition) is 0. The van der Waals surface area contributed by atoms with Crippen molar-refractivity contribution in [2.24, 2.45) is 0 Å². The van der Waals surface area contributed by atoms with E-state index in [1.54, 1.807) is 7.11 Å². The SMILES string of the molecule is COc1ccc(C(=[Te])OC(C)C)cc1. The molecule has 0 spiro atoms. The van der Waals surface area contributed by atoms with Gasteiger partial charge >= 0.3 is 97.7 Å². The molecular weight excluding hydrogens is 292 g/mol. The summed E-state index contributed by atoms with van der Waals surface area (Å²) in [7, 11) is 1.66. The van der Waals surface area contributed by atoms with Crippen molar-refractivity contribution >= 4 is 25.6 Å². The molecule has 0 saturated heterocycles. The zero-order valence-corrected chi connectivity index (χ0v) is 10.9. The van der Waals surface area contributed by atoms with Crippen molar-refractivity contribution in [2.45, 2.75) is 20.0 Å². The van der Waals surface area contributed by atoms with Crippen molar-refractivity contribution in [3.63, 3.8) is 0 Å². The van der Waals surface area contributed by atoms with Crippen molar-refractivity contribution in [3.8, 4) is 5.75 Å². The minimum absolute atomic E-state index is 0.222. The van der Waals surface area contributed by atoms with Crippen molar-refractivity contribution in [2.75, 3.05) is 7.11 Å². The first kappa shape index (κ1) is 11.6. The number of methoxy groups -OCH3 is 1. The average molecular weight is 306 g/mol. The molecule has 0 saturated carbocycles. The molecule has 0 aromatic heterocycles. The summed E-state index contributed by atoms with van der Waals surface area (Å²) in [5, 5.41) is 0. The number of hydrogen-bond acceptors (Lipinski definition) is 2. The normalized spacial score (nSPS) is 10.0. The fraction of sp³-hybridized carbons (Fsp3) is 0.364. The zero-order chi connectivity index (χ0) is 10.6. The standard InChI is InChI=1S/C11H14O2Te/c1-8(2)13-11(14)9-4-6-10(12-3)7-5-9/h4-8H,1-3H3. The molecule has 2 nitrogen and oxygen atoms in total. The third-order valence-electron chi connectivity index (χ3n) is 1.67. The summed E-state index contributed by atoms with van der Waals surface area (Å²) in [6.45, 7) is 4.04. The summed E-state index contributed by atoms with van der Waals surface area (Å²) < 4.78 is 11.6. The first-order chi connectivity index (χ1) is 6.63. The molecule has 0 radical (unpaired) electrons. The topological polar surface area (TPSA) is 18.5 Å². The molecule has 0 N–H and O–H groups in total. The van der Waals surface area contributed by atoms with Crippen LogP contribution in [0.4, 0.5) is 0 Å². The summed E-state index contributed by atoms with van der Waals surface area (Å²) in [6, 6.07) is 7.87. The van der Waals surface area contributed by atoms with Gasteiger partial charge in [0, 0.05) is 0 Å². The van der Waals surface area contributed by atoms with Gasteiger partial charge in [0.25, 0.3) is 0 Å². The summed E-state index contributed by atoms with van der Waals surface area (Å²) in [5.74, 6) is 0.868. The molecule has 0 unspecified atom stereocenters. The Hall–Kier alpha value is -0.520. The number of benzene rings is 1. The van der Waals surface area contributed by atoms with E-state index in [1.807, 2.05) is 59.9 Å². The second-order valence-electron chi connectivity index (χ2n) is 3.18. The van der Waals surface area contributed by atoms with Crippen molar-refractivity contribution in [3.05, 3.63) is 29.8 Å². The van der Waals surface area contributed by atoms with Crippen LogP contribution in [0.15, 0.2) is 24.3 Å². The van der Waals surface area contributed by atoms with E-state index < -0.39 is 0 Å². The monoisotopic (exact) mass is 308 g/mol. The molecule has 3 heteroatoms. The molecule has 0 heterocycles. The van der Waals surface area contributed by atoms with Gasteiger partial charge in [0.15, 0.2) is 0 Å². The minimum atomic E-state index is 0.222. The Morgan fingerprint density at radius 1 is 1.21 bits per heavy atom. The number of rotatable bonds is 4. The Labute approximate surface area is 97.6 Å². The van der Waals surface area contributed by atoms with Gasteiger partial charge in [0.05, 0.1) is 0 Å². The molecule has 1 aromatic rings. The zero-order valence-electron chi connectivity index (χ0n) is 8.61. The van der Waals surface area contributed by atoms with Crippen molar-refractivity contribution in [1.29, 1.82) is 0 Å². The van der Waals surface area contributed by atoms with Gasteiger partial charge in [0.2, 0.25) is 0 Å². The summed E-state index contributed by atoms with van der Waals surface area (Å²) >= 11 is 1.90. The van der Waals surface area contributed by atoms with Gasteiger partial charge < -0.3 is 0 Å². The molecule has 0 amide bonds. The quantitative estimate of drug-likeness (QED) is 0.789. The predicted molar refractivity (Wildman–Crippen MR) is 59.1 cm³/mol. The van der Waals surface area contributed by atoms with Gasteiger partial charge in [-0.15, -0.1) is 0 Å². The van der Waals surface area contributed by atoms with Crippen LogP contribution < -0.4 is 4.74 Å². The molecule has 0 aliphatic carbocycles. The Morgan fingerprint density at radius 3 is 2.21 bits per heavy atom. The molecule has 14 heavy (non-hydrogen) atoms. The van der Waals surface area contributed by atoms with Crippen LogP contribution >= 0.6 is 0 Å². The molecule has 0 atom stereocenters. The van der Waals surface area contributed by atoms with Gasteiger partial charge in [-0.05, 0) is 0 Å². The van der Waals surface area contributed by atoms with Crippen LogP contribution in [0.5, 0.6) is 5.75 Å². The molecule has 0 aliphatic rings. The Balaban J connectivity index is 2.71. The maximum absolute atomic E-state index is 5.59. The number of ether oxygens (including phenoxy) is 2. The Kier molecular flexibility index (Phi) is 4.44. The fourth-order valence-electron chi connectivity index (χ4n) is 1.01. The second-order valence-corrected chi connectivity index (χ2v) is 4.24. The van der Waals surface area contributed by atoms with Crippen LogP contribution in [0.25, 0.3) is 0 Å². The Bertz CT molecular complexity index is 304. The molecular formula is C11H14O2Te. The predicted octanol–water partition coefficient (Wildman–Crippen LogP) is 1.77. The molecule has 0 bridgehead atoms. The summed E-state index contributed by atoms with van der Waals surface area (Å²) in [4.78, 5) is 0. The van der Waals surface area contributed by atoms with Gasteiger partial charge in [-0.1, -0.05) is 0 Å². The van der Waals surface area contributed by atoms with Crippen LogP contribution in [0.3, 0.4) is 0 Å². The first-order valence-electron chi connectivity index (χ1n) is 4.48. The van der Waals surface area contributed by atoms with Crippen LogP contribution in [-0.2, 0) is 4.74 Å². The third kappa shape index (κ3) is 3.32. The molecule has 1 aromatic carbocycles. The van der Waals surface area contributed by atoms with E-state index >= 15 is 0 Å². The summed E-state index contributed by atoms with van der Waals surface area (Å²) in [6.07, 6.45) is 0.222. The van der Waals surface area contributed by atoms with E-state index in [4.69, 9.17) is 9.47 Å².